The second-order valence-electron chi connectivity index (χ2n) is 9.15. The van der Waals surface area contributed by atoms with Gasteiger partial charge in [0, 0.05) is 18.7 Å². The number of rotatable bonds is 1. The fourth-order valence-electron chi connectivity index (χ4n) is 5.04. The highest BCUT2D eigenvalue weighted by molar-refractivity contribution is 5.94. The van der Waals surface area contributed by atoms with Crippen LogP contribution in [0.3, 0.4) is 0 Å². The van der Waals surface area contributed by atoms with Gasteiger partial charge in [0.2, 0.25) is 0 Å². The molecule has 2 aliphatic rings. The number of benzene rings is 2. The van der Waals surface area contributed by atoms with E-state index in [9.17, 15) is 9.59 Å². The average molecular weight is 483 g/mol. The lowest BCUT2D eigenvalue weighted by molar-refractivity contribution is 0.0734. The first-order valence-electron chi connectivity index (χ1n) is 12.1. The Labute approximate surface area is 207 Å². The average Bonchev–Trinajstić information content (AvgIpc) is 3.20. The van der Waals surface area contributed by atoms with Crippen LogP contribution in [0.2, 0.25) is 0 Å². The number of anilines is 1. The number of H-pyrrole nitrogens is 1. The summed E-state index contributed by atoms with van der Waals surface area (Å²) in [6.07, 6.45) is 6.49. The molecular weight excluding hydrogens is 456 g/mol. The van der Waals surface area contributed by atoms with E-state index < -0.39 is 0 Å². The largest absolute Gasteiger partial charge is 0.463 e. The number of nitrogens with zero attached hydrogens (tertiary/aromatic N) is 4. The van der Waals surface area contributed by atoms with Crippen LogP contribution in [0.1, 0.15) is 39.0 Å². The molecule has 0 unspecified atom stereocenters. The number of nitrogens with two attached hydrogens (primary N) is 1. The number of hydrogen-bond acceptors (Lipinski definition) is 6. The number of fused-ring (bicyclic) bond motifs is 5. The van der Waals surface area contributed by atoms with E-state index in [1.54, 1.807) is 4.57 Å². The maximum absolute atomic E-state index is 13.1. The van der Waals surface area contributed by atoms with Crippen LogP contribution in [0.15, 0.2) is 59.4 Å². The van der Waals surface area contributed by atoms with E-state index in [0.29, 0.717) is 49.4 Å². The molecule has 3 N–H and O–H groups in total. The molecular formula is C27H26N6O3. The van der Waals surface area contributed by atoms with Crippen LogP contribution in [0.25, 0.3) is 11.2 Å². The maximum atomic E-state index is 13.1. The third-order valence-corrected chi connectivity index (χ3v) is 6.79. The summed E-state index contributed by atoms with van der Waals surface area (Å²) in [6.45, 7) is 1.92. The summed E-state index contributed by atoms with van der Waals surface area (Å²) in [4.78, 5) is 39.3. The van der Waals surface area contributed by atoms with Crippen LogP contribution in [-0.4, -0.2) is 43.5 Å². The van der Waals surface area contributed by atoms with Crippen molar-refractivity contribution in [1.82, 2.24) is 24.4 Å². The summed E-state index contributed by atoms with van der Waals surface area (Å²) in [5, 5.41) is 0. The van der Waals surface area contributed by atoms with Crippen molar-refractivity contribution in [1.29, 1.82) is 0 Å². The molecule has 0 spiro atoms. The first-order chi connectivity index (χ1) is 17.6. The summed E-state index contributed by atoms with van der Waals surface area (Å²) >= 11 is 0. The van der Waals surface area contributed by atoms with E-state index in [1.807, 2.05) is 35.2 Å². The summed E-state index contributed by atoms with van der Waals surface area (Å²) < 4.78 is 7.25. The Morgan fingerprint density at radius 1 is 1.06 bits per heavy atom. The highest BCUT2D eigenvalue weighted by atomic mass is 16.5. The molecule has 182 valence electrons. The smallest absolute Gasteiger partial charge is 0.328 e. The molecule has 1 amide bonds. The minimum atomic E-state index is -0.310. The summed E-state index contributed by atoms with van der Waals surface area (Å²) in [6, 6.07) is 13.8. The van der Waals surface area contributed by atoms with Crippen molar-refractivity contribution in [2.24, 2.45) is 0 Å². The van der Waals surface area contributed by atoms with Crippen LogP contribution in [-0.2, 0) is 25.9 Å². The SMILES string of the molecule is Nc1nc2nc3c1[nH]c(=O)n3Cc1cc(c3c(c1)CN(C(=O)c1ccccc1)CC3)C/C=C\CCO2. The zero-order valence-electron chi connectivity index (χ0n) is 19.7. The Kier molecular flexibility index (Phi) is 5.52. The molecule has 0 aliphatic carbocycles. The first kappa shape index (κ1) is 22.1. The number of nitrogens with one attached hydrogen (secondary N) is 1. The Morgan fingerprint density at radius 2 is 1.89 bits per heavy atom. The van der Waals surface area contributed by atoms with Crippen molar-refractivity contribution in [2.75, 3.05) is 18.9 Å². The van der Waals surface area contributed by atoms with Gasteiger partial charge in [0.05, 0.1) is 13.2 Å². The summed E-state index contributed by atoms with van der Waals surface area (Å²) in [7, 11) is 0. The van der Waals surface area contributed by atoms with Crippen molar-refractivity contribution in [2.45, 2.75) is 32.4 Å². The molecule has 0 radical (unpaired) electrons. The van der Waals surface area contributed by atoms with Crippen LogP contribution in [0, 0.1) is 0 Å². The zero-order valence-corrected chi connectivity index (χ0v) is 19.7. The number of aromatic amines is 1. The molecule has 4 aromatic rings. The lowest BCUT2D eigenvalue weighted by Crippen LogP contribution is -2.36. The molecule has 0 saturated heterocycles. The number of carbonyl (C=O) groups excluding carboxylic acids is 1. The predicted octanol–water partition coefficient (Wildman–Crippen LogP) is 2.83. The number of allylic oxidation sites excluding steroid dienone is 1. The number of imidazole rings is 1. The van der Waals surface area contributed by atoms with Gasteiger partial charge in [-0.3, -0.25) is 9.36 Å². The van der Waals surface area contributed by atoms with E-state index in [1.165, 1.54) is 11.1 Å². The van der Waals surface area contributed by atoms with Gasteiger partial charge in [0.1, 0.15) is 5.52 Å². The predicted molar refractivity (Wildman–Crippen MR) is 136 cm³/mol. The van der Waals surface area contributed by atoms with E-state index >= 15 is 0 Å². The standard InChI is InChI=1S/C27H26N6O3/c28-23-22-24-31-26(30-23)36-12-6-2-5-9-19-13-17(15-33(24)27(35)29-22)14-20-16-32(11-10-21(19)20)25(34)18-7-3-1-4-8-18/h1-5,7-8,13-14H,6,9-12,15-16H2,(H,29,35)(H2,28,30,31)/b5-2-. The van der Waals surface area contributed by atoms with Gasteiger partial charge in [-0.05, 0) is 53.6 Å². The molecule has 2 aliphatic heterocycles. The van der Waals surface area contributed by atoms with Crippen molar-refractivity contribution >= 4 is 22.9 Å². The van der Waals surface area contributed by atoms with Gasteiger partial charge < -0.3 is 20.4 Å². The zero-order chi connectivity index (χ0) is 24.6. The van der Waals surface area contributed by atoms with E-state index in [2.05, 4.69) is 39.2 Å². The molecule has 4 heterocycles. The van der Waals surface area contributed by atoms with Crippen molar-refractivity contribution in [3.8, 4) is 6.01 Å². The maximum Gasteiger partial charge on any atom is 0.328 e. The van der Waals surface area contributed by atoms with Gasteiger partial charge in [0.25, 0.3) is 5.91 Å². The molecule has 36 heavy (non-hydrogen) atoms. The number of aromatic nitrogens is 4. The molecule has 4 bridgehead atoms. The molecule has 0 saturated carbocycles. The molecule has 0 fully saturated rings. The Hall–Kier alpha value is -4.40. The molecule has 9 heteroatoms. The third kappa shape index (κ3) is 4.02. The number of amides is 1. The van der Waals surface area contributed by atoms with Crippen LogP contribution >= 0.6 is 0 Å². The quantitative estimate of drug-likeness (QED) is 0.403. The summed E-state index contributed by atoms with van der Waals surface area (Å²) in [5.74, 6) is 0.206. The van der Waals surface area contributed by atoms with Gasteiger partial charge in [0.15, 0.2) is 11.5 Å². The molecule has 9 nitrogen and oxygen atoms in total. The van der Waals surface area contributed by atoms with Gasteiger partial charge in [-0.25, -0.2) is 4.79 Å². The Balaban J connectivity index is 1.42. The van der Waals surface area contributed by atoms with Gasteiger partial charge in [-0.2, -0.15) is 9.97 Å². The van der Waals surface area contributed by atoms with E-state index in [0.717, 1.165) is 24.0 Å². The number of carbonyl (C=O) groups is 1. The molecule has 2 aromatic heterocycles. The van der Waals surface area contributed by atoms with Crippen molar-refractivity contribution < 1.29 is 9.53 Å². The fourth-order valence-corrected chi connectivity index (χ4v) is 5.04. The highest BCUT2D eigenvalue weighted by Gasteiger charge is 2.24. The normalized spacial score (nSPS) is 16.3. The fraction of sp³-hybridized carbons (Fsp3) is 0.259. The topological polar surface area (TPSA) is 119 Å². The highest BCUT2D eigenvalue weighted by Crippen LogP contribution is 2.28. The number of nitrogen functional groups attached to an aromatic ring is 1. The Morgan fingerprint density at radius 3 is 2.75 bits per heavy atom. The monoisotopic (exact) mass is 482 g/mol. The number of ether oxygens (including phenoxy) is 1. The minimum absolute atomic E-state index is 0.0304. The van der Waals surface area contributed by atoms with Crippen LogP contribution in [0.4, 0.5) is 5.82 Å². The lowest BCUT2D eigenvalue weighted by atomic mass is 9.90. The molecule has 6 rings (SSSR count). The first-order valence-corrected chi connectivity index (χ1v) is 12.1. The van der Waals surface area contributed by atoms with Crippen molar-refractivity contribution in [3.63, 3.8) is 0 Å². The Bertz CT molecular complexity index is 1550. The second-order valence-corrected chi connectivity index (χ2v) is 9.15. The van der Waals surface area contributed by atoms with Crippen LogP contribution in [0.5, 0.6) is 6.01 Å². The van der Waals surface area contributed by atoms with Gasteiger partial charge >= 0.3 is 11.7 Å². The number of hydrogen-bond donors (Lipinski definition) is 2. The molecule has 2 aromatic carbocycles. The summed E-state index contributed by atoms with van der Waals surface area (Å²) in [5.41, 5.74) is 11.9. The minimum Gasteiger partial charge on any atom is -0.463 e. The van der Waals surface area contributed by atoms with Gasteiger partial charge in [-0.1, -0.05) is 42.5 Å². The third-order valence-electron chi connectivity index (χ3n) is 6.79. The van der Waals surface area contributed by atoms with E-state index in [-0.39, 0.29) is 23.4 Å². The van der Waals surface area contributed by atoms with E-state index in [4.69, 9.17) is 10.5 Å². The molecule has 0 atom stereocenters. The second kappa shape index (κ2) is 8.99. The van der Waals surface area contributed by atoms with Gasteiger partial charge in [-0.15, -0.1) is 0 Å². The van der Waals surface area contributed by atoms with Crippen LogP contribution < -0.4 is 16.2 Å². The lowest BCUT2D eigenvalue weighted by Gasteiger charge is -2.31. The van der Waals surface area contributed by atoms with Crippen molar-refractivity contribution in [3.05, 3.63) is 92.9 Å².